The molecule has 100 valence electrons. The van der Waals surface area contributed by atoms with Crippen molar-refractivity contribution < 1.29 is 9.47 Å². The summed E-state index contributed by atoms with van der Waals surface area (Å²) in [4.78, 5) is 18.6. The fraction of sp³-hybridized carbons (Fsp3) is 0.286. The predicted molar refractivity (Wildman–Crippen MR) is 71.4 cm³/mol. The number of methoxy groups -OCH3 is 2. The van der Waals surface area contributed by atoms with Crippen molar-refractivity contribution in [3.63, 3.8) is 0 Å². The Kier molecular flexibility index (Phi) is 4.30. The van der Waals surface area contributed by atoms with Crippen LogP contribution in [0, 0.1) is 0 Å². The molecule has 0 amide bonds. The normalized spacial score (nSPS) is 10.4. The van der Waals surface area contributed by atoms with E-state index in [1.165, 1.54) is 6.07 Å². The number of aromatic nitrogens is 2. The van der Waals surface area contributed by atoms with E-state index in [4.69, 9.17) is 9.47 Å². The molecule has 0 unspecified atom stereocenters. The van der Waals surface area contributed by atoms with Crippen LogP contribution in [0.3, 0.4) is 0 Å². The highest BCUT2D eigenvalue weighted by Crippen LogP contribution is 2.13. The topological polar surface area (TPSA) is 64.2 Å². The Labute approximate surface area is 111 Å². The van der Waals surface area contributed by atoms with E-state index >= 15 is 0 Å². The van der Waals surface area contributed by atoms with Crippen LogP contribution in [-0.2, 0) is 17.8 Å². The van der Waals surface area contributed by atoms with E-state index in [1.807, 2.05) is 24.3 Å². The van der Waals surface area contributed by atoms with Gasteiger partial charge < -0.3 is 14.5 Å². The molecule has 0 saturated carbocycles. The van der Waals surface area contributed by atoms with Gasteiger partial charge in [0.1, 0.15) is 11.6 Å². The number of nitrogens with one attached hydrogen (secondary N) is 1. The lowest BCUT2D eigenvalue weighted by Crippen LogP contribution is -2.13. The van der Waals surface area contributed by atoms with E-state index in [2.05, 4.69) is 9.97 Å². The van der Waals surface area contributed by atoms with Crippen molar-refractivity contribution in [2.75, 3.05) is 14.2 Å². The molecule has 0 saturated heterocycles. The highest BCUT2D eigenvalue weighted by atomic mass is 16.5. The van der Waals surface area contributed by atoms with Crippen molar-refractivity contribution in [1.82, 2.24) is 9.97 Å². The maximum atomic E-state index is 11.5. The van der Waals surface area contributed by atoms with Crippen molar-refractivity contribution in [1.29, 1.82) is 0 Å². The summed E-state index contributed by atoms with van der Waals surface area (Å²) in [6.45, 7) is 0.333. The van der Waals surface area contributed by atoms with Gasteiger partial charge >= 0.3 is 0 Å². The standard InChI is InChI=1S/C14H16N2O3/c1-18-9-11-8-14(17)16-13(15-11)7-10-3-5-12(19-2)6-4-10/h3-6,8H,7,9H2,1-2H3,(H,15,16,17). The second kappa shape index (κ2) is 6.15. The second-order valence-corrected chi connectivity index (χ2v) is 4.14. The Bertz CT molecular complexity index is 590. The molecule has 0 aliphatic heterocycles. The van der Waals surface area contributed by atoms with E-state index in [9.17, 15) is 4.79 Å². The van der Waals surface area contributed by atoms with Crippen LogP contribution < -0.4 is 10.3 Å². The fourth-order valence-corrected chi connectivity index (χ4v) is 1.81. The van der Waals surface area contributed by atoms with Gasteiger partial charge in [-0.25, -0.2) is 4.98 Å². The third-order valence-electron chi connectivity index (χ3n) is 2.67. The van der Waals surface area contributed by atoms with Gasteiger partial charge in [0, 0.05) is 19.6 Å². The van der Waals surface area contributed by atoms with E-state index in [-0.39, 0.29) is 5.56 Å². The number of benzene rings is 1. The molecule has 2 rings (SSSR count). The average Bonchev–Trinajstić information content (AvgIpc) is 2.39. The minimum absolute atomic E-state index is 0.162. The van der Waals surface area contributed by atoms with Crippen molar-refractivity contribution >= 4 is 0 Å². The van der Waals surface area contributed by atoms with Gasteiger partial charge in [-0.1, -0.05) is 12.1 Å². The molecular formula is C14H16N2O3. The largest absolute Gasteiger partial charge is 0.497 e. The Morgan fingerprint density at radius 1 is 1.21 bits per heavy atom. The molecule has 5 heteroatoms. The smallest absolute Gasteiger partial charge is 0.251 e. The first-order chi connectivity index (χ1) is 9.21. The highest BCUT2D eigenvalue weighted by Gasteiger charge is 2.03. The van der Waals surface area contributed by atoms with Crippen LogP contribution in [-0.4, -0.2) is 24.2 Å². The van der Waals surface area contributed by atoms with E-state index in [0.29, 0.717) is 24.5 Å². The van der Waals surface area contributed by atoms with Gasteiger partial charge in [0.15, 0.2) is 0 Å². The molecular weight excluding hydrogens is 244 g/mol. The molecule has 0 bridgehead atoms. The predicted octanol–water partition coefficient (Wildman–Crippen LogP) is 1.52. The lowest BCUT2D eigenvalue weighted by molar-refractivity contribution is 0.181. The van der Waals surface area contributed by atoms with Gasteiger partial charge in [0.25, 0.3) is 5.56 Å². The third kappa shape index (κ3) is 3.66. The van der Waals surface area contributed by atoms with Crippen LogP contribution in [0.15, 0.2) is 35.1 Å². The van der Waals surface area contributed by atoms with Crippen LogP contribution in [0.5, 0.6) is 5.75 Å². The summed E-state index contributed by atoms with van der Waals surface area (Å²) in [5.41, 5.74) is 1.53. The zero-order valence-electron chi connectivity index (χ0n) is 11.0. The van der Waals surface area contributed by atoms with Crippen molar-refractivity contribution in [3.05, 3.63) is 57.8 Å². The van der Waals surface area contributed by atoms with Crippen LogP contribution in [0.25, 0.3) is 0 Å². The number of ether oxygens (including phenoxy) is 2. The SMILES string of the molecule is COCc1cc(=O)[nH]c(Cc2ccc(OC)cc2)n1. The minimum atomic E-state index is -0.162. The summed E-state index contributed by atoms with van der Waals surface area (Å²) in [6.07, 6.45) is 0.566. The quantitative estimate of drug-likeness (QED) is 0.885. The Balaban J connectivity index is 2.19. The average molecular weight is 260 g/mol. The fourth-order valence-electron chi connectivity index (χ4n) is 1.81. The monoisotopic (exact) mass is 260 g/mol. The number of hydrogen-bond acceptors (Lipinski definition) is 4. The first kappa shape index (κ1) is 13.3. The molecule has 0 aliphatic carbocycles. The molecule has 1 aromatic heterocycles. The number of nitrogens with zero attached hydrogens (tertiary/aromatic N) is 1. The van der Waals surface area contributed by atoms with Crippen molar-refractivity contribution in [2.24, 2.45) is 0 Å². The van der Waals surface area contributed by atoms with E-state index in [0.717, 1.165) is 11.3 Å². The van der Waals surface area contributed by atoms with Crippen LogP contribution in [0.4, 0.5) is 0 Å². The van der Waals surface area contributed by atoms with Crippen molar-refractivity contribution in [3.8, 4) is 5.75 Å². The number of H-pyrrole nitrogens is 1. The Morgan fingerprint density at radius 2 is 1.95 bits per heavy atom. The number of rotatable bonds is 5. The summed E-state index contributed by atoms with van der Waals surface area (Å²) in [5.74, 6) is 1.43. The highest BCUT2D eigenvalue weighted by molar-refractivity contribution is 5.28. The maximum absolute atomic E-state index is 11.5. The molecule has 0 atom stereocenters. The lowest BCUT2D eigenvalue weighted by Gasteiger charge is -2.05. The molecule has 1 aromatic carbocycles. The van der Waals surface area contributed by atoms with E-state index in [1.54, 1.807) is 14.2 Å². The van der Waals surface area contributed by atoms with Crippen LogP contribution in [0.2, 0.25) is 0 Å². The summed E-state index contributed by atoms with van der Waals surface area (Å²) < 4.78 is 10.1. The van der Waals surface area contributed by atoms with Gasteiger partial charge in [-0.15, -0.1) is 0 Å². The molecule has 0 aliphatic rings. The summed E-state index contributed by atoms with van der Waals surface area (Å²) in [6, 6.07) is 9.10. The summed E-state index contributed by atoms with van der Waals surface area (Å²) in [7, 11) is 3.20. The third-order valence-corrected chi connectivity index (χ3v) is 2.67. The maximum Gasteiger partial charge on any atom is 0.251 e. The van der Waals surface area contributed by atoms with Crippen molar-refractivity contribution in [2.45, 2.75) is 13.0 Å². The molecule has 19 heavy (non-hydrogen) atoms. The molecule has 5 nitrogen and oxygen atoms in total. The van der Waals surface area contributed by atoms with Gasteiger partial charge in [-0.3, -0.25) is 4.79 Å². The van der Waals surface area contributed by atoms with Gasteiger partial charge in [0.2, 0.25) is 0 Å². The molecule has 0 fully saturated rings. The van der Waals surface area contributed by atoms with Gasteiger partial charge in [-0.05, 0) is 17.7 Å². The molecule has 2 aromatic rings. The molecule has 0 radical (unpaired) electrons. The summed E-state index contributed by atoms with van der Waals surface area (Å²) >= 11 is 0. The zero-order chi connectivity index (χ0) is 13.7. The molecule has 1 heterocycles. The Hall–Kier alpha value is -2.14. The lowest BCUT2D eigenvalue weighted by atomic mass is 10.1. The number of aromatic amines is 1. The zero-order valence-corrected chi connectivity index (χ0v) is 11.0. The van der Waals surface area contributed by atoms with E-state index < -0.39 is 0 Å². The van der Waals surface area contributed by atoms with Crippen LogP contribution >= 0.6 is 0 Å². The first-order valence-corrected chi connectivity index (χ1v) is 5.92. The van der Waals surface area contributed by atoms with Crippen LogP contribution in [0.1, 0.15) is 17.1 Å². The van der Waals surface area contributed by atoms with Gasteiger partial charge in [0.05, 0.1) is 19.4 Å². The Morgan fingerprint density at radius 3 is 2.58 bits per heavy atom. The second-order valence-electron chi connectivity index (χ2n) is 4.14. The number of hydrogen-bond donors (Lipinski definition) is 1. The summed E-state index contributed by atoms with van der Waals surface area (Å²) in [5, 5.41) is 0. The molecule has 1 N–H and O–H groups in total. The first-order valence-electron chi connectivity index (χ1n) is 5.92. The van der Waals surface area contributed by atoms with Gasteiger partial charge in [-0.2, -0.15) is 0 Å². The molecule has 0 spiro atoms. The minimum Gasteiger partial charge on any atom is -0.497 e.